The summed E-state index contributed by atoms with van der Waals surface area (Å²) < 4.78 is 5.80. The van der Waals surface area contributed by atoms with Crippen molar-refractivity contribution in [2.45, 2.75) is 84.1 Å². The molecule has 1 atom stereocenters. The molecule has 0 radical (unpaired) electrons. The summed E-state index contributed by atoms with van der Waals surface area (Å²) in [6.45, 7) is 4.81. The van der Waals surface area contributed by atoms with Crippen molar-refractivity contribution in [2.24, 2.45) is 0 Å². The Bertz CT molecular complexity index is 759. The van der Waals surface area contributed by atoms with Crippen molar-refractivity contribution in [3.8, 4) is 17.9 Å². The van der Waals surface area contributed by atoms with Gasteiger partial charge in [0.2, 0.25) is 0 Å². The van der Waals surface area contributed by atoms with E-state index in [1.165, 1.54) is 19.3 Å². The van der Waals surface area contributed by atoms with Crippen LogP contribution in [0.25, 0.3) is 0 Å². The van der Waals surface area contributed by atoms with Gasteiger partial charge in [0.1, 0.15) is 23.5 Å². The third-order valence-corrected chi connectivity index (χ3v) is 5.31. The molecule has 150 valence electrons. The number of hydrogen-bond donors (Lipinski definition) is 1. The average Bonchev–Trinajstić information content (AvgIpc) is 3.01. The van der Waals surface area contributed by atoms with E-state index in [9.17, 15) is 15.3 Å². The highest BCUT2D eigenvalue weighted by molar-refractivity contribution is 6.01. The number of rotatable bonds is 12. The van der Waals surface area contributed by atoms with Crippen molar-refractivity contribution in [3.05, 3.63) is 28.3 Å². The van der Waals surface area contributed by atoms with Gasteiger partial charge < -0.3 is 10.1 Å². The summed E-state index contributed by atoms with van der Waals surface area (Å²) in [5.74, 6) is 0.179. The Morgan fingerprint density at radius 3 is 2.25 bits per heavy atom. The molecule has 0 spiro atoms. The van der Waals surface area contributed by atoms with Crippen LogP contribution in [0.1, 0.15) is 111 Å². The number of ether oxygens (including phenoxy) is 1. The van der Waals surface area contributed by atoms with Crippen LogP contribution < -0.4 is 10.1 Å². The number of benzene rings is 1. The van der Waals surface area contributed by atoms with Gasteiger partial charge >= 0.3 is 0 Å². The minimum Gasteiger partial charge on any atom is -0.492 e. The van der Waals surface area contributed by atoms with Crippen LogP contribution in [0.5, 0.6) is 5.75 Å². The van der Waals surface area contributed by atoms with Crippen LogP contribution in [-0.4, -0.2) is 12.5 Å². The first-order chi connectivity index (χ1) is 13.7. The lowest BCUT2D eigenvalue weighted by molar-refractivity contribution is 0.0954. The Hall–Kier alpha value is -2.53. The van der Waals surface area contributed by atoms with Crippen molar-refractivity contribution in [1.29, 1.82) is 10.5 Å². The van der Waals surface area contributed by atoms with Gasteiger partial charge in [-0.15, -0.1) is 0 Å². The second kappa shape index (κ2) is 11.3. The summed E-state index contributed by atoms with van der Waals surface area (Å²) in [6, 6.07) is 5.76. The highest BCUT2D eigenvalue weighted by Gasteiger charge is 2.34. The Kier molecular flexibility index (Phi) is 8.82. The number of carbonyl (C=O) groups is 1. The normalized spacial score (nSPS) is 14.9. The molecule has 1 aromatic carbocycles. The SMILES string of the molecule is CCCCCCCC1NC(=O)c2cc(OCCCCCC)c(C#N)c(C#N)c21. The van der Waals surface area contributed by atoms with E-state index in [2.05, 4.69) is 31.3 Å². The van der Waals surface area contributed by atoms with E-state index in [1.807, 2.05) is 0 Å². The molecular formula is C23H31N3O2. The quantitative estimate of drug-likeness (QED) is 0.482. The molecule has 1 heterocycles. The van der Waals surface area contributed by atoms with Crippen LogP contribution in [0.3, 0.4) is 0 Å². The first-order valence-electron chi connectivity index (χ1n) is 10.6. The van der Waals surface area contributed by atoms with Gasteiger partial charge in [0.05, 0.1) is 18.2 Å². The molecule has 0 aliphatic carbocycles. The molecule has 0 saturated carbocycles. The molecule has 1 aliphatic rings. The third-order valence-electron chi connectivity index (χ3n) is 5.31. The predicted molar refractivity (Wildman–Crippen MR) is 109 cm³/mol. The molecule has 1 aliphatic heterocycles. The zero-order valence-electron chi connectivity index (χ0n) is 17.1. The fourth-order valence-corrected chi connectivity index (χ4v) is 3.75. The topological polar surface area (TPSA) is 85.9 Å². The van der Waals surface area contributed by atoms with Gasteiger partial charge in [-0.05, 0) is 18.9 Å². The molecule has 5 heteroatoms. The Labute approximate surface area is 168 Å². The standard InChI is InChI=1S/C23H31N3O2/c1-3-5-7-9-10-12-20-22-17(23(27)26-20)14-21(18(15-24)19(22)16-25)28-13-11-8-6-4-2/h14,20H,3-13H2,1-2H3,(H,26,27). The van der Waals surface area contributed by atoms with Crippen LogP contribution in [0.15, 0.2) is 6.07 Å². The highest BCUT2D eigenvalue weighted by Crippen LogP contribution is 2.38. The number of amides is 1. The van der Waals surface area contributed by atoms with Crippen LogP contribution in [-0.2, 0) is 0 Å². The lowest BCUT2D eigenvalue weighted by Crippen LogP contribution is -2.19. The number of nitrogens with one attached hydrogen (secondary N) is 1. The van der Waals surface area contributed by atoms with Crippen molar-refractivity contribution >= 4 is 5.91 Å². The van der Waals surface area contributed by atoms with E-state index in [0.717, 1.165) is 44.9 Å². The summed E-state index contributed by atoms with van der Waals surface area (Å²) in [4.78, 5) is 12.5. The van der Waals surface area contributed by atoms with Crippen LogP contribution in [0.2, 0.25) is 0 Å². The highest BCUT2D eigenvalue weighted by atomic mass is 16.5. The van der Waals surface area contributed by atoms with Gasteiger partial charge in [0.25, 0.3) is 5.91 Å². The van der Waals surface area contributed by atoms with Crippen LogP contribution in [0, 0.1) is 22.7 Å². The second-order valence-electron chi connectivity index (χ2n) is 7.45. The third kappa shape index (κ3) is 5.26. The average molecular weight is 382 g/mol. The summed E-state index contributed by atoms with van der Waals surface area (Å²) in [6.07, 6.45) is 10.7. The lowest BCUT2D eigenvalue weighted by atomic mass is 9.91. The van der Waals surface area contributed by atoms with Crippen molar-refractivity contribution < 1.29 is 9.53 Å². The fraction of sp³-hybridized carbons (Fsp3) is 0.609. The molecule has 1 N–H and O–H groups in total. The molecule has 0 fully saturated rings. The molecule has 1 aromatic rings. The van der Waals surface area contributed by atoms with Crippen molar-refractivity contribution in [2.75, 3.05) is 6.61 Å². The number of unbranched alkanes of at least 4 members (excludes halogenated alkanes) is 7. The van der Waals surface area contributed by atoms with Gasteiger partial charge in [-0.2, -0.15) is 10.5 Å². The Morgan fingerprint density at radius 2 is 1.61 bits per heavy atom. The van der Waals surface area contributed by atoms with Crippen molar-refractivity contribution in [3.63, 3.8) is 0 Å². The number of hydrogen-bond acceptors (Lipinski definition) is 4. The predicted octanol–water partition coefficient (Wildman–Crippen LogP) is 5.53. The zero-order valence-corrected chi connectivity index (χ0v) is 17.1. The lowest BCUT2D eigenvalue weighted by Gasteiger charge is -2.15. The maximum absolute atomic E-state index is 12.5. The Balaban J connectivity index is 2.19. The maximum Gasteiger partial charge on any atom is 0.252 e. The van der Waals surface area contributed by atoms with Crippen LogP contribution in [0.4, 0.5) is 0 Å². The number of nitrogens with zero attached hydrogens (tertiary/aromatic N) is 2. The molecule has 0 aromatic heterocycles. The molecule has 0 saturated heterocycles. The second-order valence-corrected chi connectivity index (χ2v) is 7.45. The largest absolute Gasteiger partial charge is 0.492 e. The number of fused-ring (bicyclic) bond motifs is 1. The van der Waals surface area contributed by atoms with E-state index in [4.69, 9.17) is 4.74 Å². The summed E-state index contributed by atoms with van der Waals surface area (Å²) in [7, 11) is 0. The van der Waals surface area contributed by atoms with E-state index < -0.39 is 0 Å². The number of carbonyl (C=O) groups excluding carboxylic acids is 1. The zero-order chi connectivity index (χ0) is 20.4. The van der Waals surface area contributed by atoms with Gasteiger partial charge in [-0.25, -0.2) is 0 Å². The summed E-state index contributed by atoms with van der Waals surface area (Å²) >= 11 is 0. The first-order valence-corrected chi connectivity index (χ1v) is 10.6. The molecule has 28 heavy (non-hydrogen) atoms. The fourth-order valence-electron chi connectivity index (χ4n) is 3.75. The summed E-state index contributed by atoms with van der Waals surface area (Å²) in [5, 5.41) is 22.4. The number of nitriles is 2. The Morgan fingerprint density at radius 1 is 0.964 bits per heavy atom. The maximum atomic E-state index is 12.5. The molecule has 0 bridgehead atoms. The van der Waals surface area contributed by atoms with Gasteiger partial charge in [-0.3, -0.25) is 4.79 Å². The van der Waals surface area contributed by atoms with E-state index in [0.29, 0.717) is 29.0 Å². The first kappa shape index (κ1) is 21.8. The molecule has 2 rings (SSSR count). The van der Waals surface area contributed by atoms with E-state index in [-0.39, 0.29) is 17.5 Å². The van der Waals surface area contributed by atoms with Gasteiger partial charge in [-0.1, -0.05) is 65.2 Å². The monoisotopic (exact) mass is 381 g/mol. The van der Waals surface area contributed by atoms with Gasteiger partial charge in [0, 0.05) is 11.1 Å². The van der Waals surface area contributed by atoms with E-state index in [1.54, 1.807) is 6.07 Å². The minimum absolute atomic E-state index is 0.176. The molecular weight excluding hydrogens is 350 g/mol. The van der Waals surface area contributed by atoms with Crippen molar-refractivity contribution in [1.82, 2.24) is 5.32 Å². The molecule has 5 nitrogen and oxygen atoms in total. The van der Waals surface area contributed by atoms with Gasteiger partial charge in [0.15, 0.2) is 0 Å². The minimum atomic E-state index is -0.190. The molecule has 1 amide bonds. The molecule has 1 unspecified atom stereocenters. The van der Waals surface area contributed by atoms with Crippen LogP contribution >= 0.6 is 0 Å². The smallest absolute Gasteiger partial charge is 0.252 e. The summed E-state index contributed by atoms with van der Waals surface area (Å²) in [5.41, 5.74) is 1.71. The van der Waals surface area contributed by atoms with E-state index >= 15 is 0 Å².